The Kier molecular flexibility index (Phi) is 19.9. The summed E-state index contributed by atoms with van der Waals surface area (Å²) in [4.78, 5) is 86.6. The first kappa shape index (κ1) is 57.9. The Labute approximate surface area is 431 Å². The second kappa shape index (κ2) is 24.4. The zero-order chi connectivity index (χ0) is 52.7. The number of hydrogen-bond acceptors (Lipinski definition) is 18. The lowest BCUT2D eigenvalue weighted by Crippen LogP contribution is -2.61. The number of anilines is 1. The van der Waals surface area contributed by atoms with Crippen molar-refractivity contribution in [3.05, 3.63) is 29.4 Å². The van der Waals surface area contributed by atoms with Gasteiger partial charge in [-0.15, -0.1) is 11.3 Å². The fourth-order valence-electron chi connectivity index (χ4n) is 9.51. The number of ether oxygens (including phenoxy) is 4. The largest absolute Gasteiger partial charge is 0.446 e. The lowest BCUT2D eigenvalue weighted by atomic mass is 9.70. The maximum Gasteiger partial charge on any atom is 0.352 e. The first-order valence-corrected chi connectivity index (χ1v) is 26.0. The molecule has 20 nitrogen and oxygen atoms in total. The van der Waals surface area contributed by atoms with Gasteiger partial charge >= 0.3 is 5.97 Å². The van der Waals surface area contributed by atoms with Crippen LogP contribution in [0.2, 0.25) is 0 Å². The number of primary amides is 1. The molecule has 0 saturated carbocycles. The number of aliphatic hydroxyl groups is 2. The molecule has 2 aromatic rings. The van der Waals surface area contributed by atoms with Gasteiger partial charge in [0.2, 0.25) is 17.7 Å². The molecule has 2 aromatic heterocycles. The van der Waals surface area contributed by atoms with Crippen LogP contribution in [-0.2, 0) is 54.4 Å². The highest BCUT2D eigenvalue weighted by atomic mass is 127. The number of cyclic esters (lactones) is 1. The SMILES string of the molecule is CCC(=O)/N=C1\[C@H](C)C[C@@]2(C)OC/C(=N/OCc3ccc(-c4nc(NC(=O)[C@@H](N)CCC(N)=O)cs4)cn3)CC[C@H]([C@H]1C)[C@](C)(O)[C@@H](I)OC(=O)[C@@](C)(F)C(=O)[C@H](C)[C@H]2O[C@@H]1O[C@H](C)C[C@H](N(C)C)[C@H]1O. The molecule has 0 radical (unpaired) electrons. The van der Waals surface area contributed by atoms with Crippen molar-refractivity contribution in [2.45, 2.75) is 165 Å². The summed E-state index contributed by atoms with van der Waals surface area (Å²) in [6.45, 7) is 12.3. The van der Waals surface area contributed by atoms with Gasteiger partial charge in [-0.2, -0.15) is 0 Å². The van der Waals surface area contributed by atoms with Crippen LogP contribution >= 0.6 is 33.9 Å². The number of aliphatic imine (C=N–C) groups is 1. The van der Waals surface area contributed by atoms with E-state index in [2.05, 4.69) is 25.4 Å². The first-order valence-electron chi connectivity index (χ1n) is 23.8. The minimum absolute atomic E-state index is 0.0166. The van der Waals surface area contributed by atoms with Crippen LogP contribution in [0, 0.1) is 23.7 Å². The molecule has 0 unspecified atom stereocenters. The first-order chi connectivity index (χ1) is 33.2. The molecule has 3 aliphatic heterocycles. The average Bonchev–Trinajstić information content (AvgIpc) is 3.78. The topological polar surface area (TPSA) is 290 Å². The number of thiazole rings is 1. The summed E-state index contributed by atoms with van der Waals surface area (Å²) in [5.74, 6) is -7.39. The number of likely N-dealkylation sites (N-methyl/N-ethyl adjacent to an activating group) is 1. The number of carbonyl (C=O) groups is 5. The van der Waals surface area contributed by atoms with Crippen LogP contribution in [0.1, 0.15) is 106 Å². The number of rotatable bonds is 13. The third-order valence-corrected chi connectivity index (χ3v) is 16.1. The van der Waals surface area contributed by atoms with Gasteiger partial charge in [0, 0.05) is 53.6 Å². The molecule has 394 valence electrons. The van der Waals surface area contributed by atoms with Crippen molar-refractivity contribution < 1.29 is 62.4 Å². The molecule has 7 N–H and O–H groups in total. The van der Waals surface area contributed by atoms with E-state index < -0.39 is 111 Å². The summed E-state index contributed by atoms with van der Waals surface area (Å²) >= 11 is 3.00. The smallest absolute Gasteiger partial charge is 0.352 e. The summed E-state index contributed by atoms with van der Waals surface area (Å²) in [7, 11) is 3.62. The van der Waals surface area contributed by atoms with Gasteiger partial charge in [0.05, 0.1) is 41.9 Å². The zero-order valence-corrected chi connectivity index (χ0v) is 45.0. The molecule has 23 heteroatoms. The predicted molar refractivity (Wildman–Crippen MR) is 271 cm³/mol. The number of oxime groups is 1. The molecule has 71 heavy (non-hydrogen) atoms. The Bertz CT molecular complexity index is 2280. The molecule has 0 aromatic carbocycles. The maximum absolute atomic E-state index is 16.9. The van der Waals surface area contributed by atoms with Gasteiger partial charge in [0.15, 0.2) is 22.8 Å². The van der Waals surface area contributed by atoms with E-state index in [4.69, 9.17) is 35.3 Å². The van der Waals surface area contributed by atoms with E-state index in [-0.39, 0.29) is 57.6 Å². The maximum atomic E-state index is 16.9. The zero-order valence-electron chi connectivity index (χ0n) is 42.1. The lowest BCUT2D eigenvalue weighted by molar-refractivity contribution is -0.296. The van der Waals surface area contributed by atoms with Gasteiger partial charge < -0.3 is 55.7 Å². The summed E-state index contributed by atoms with van der Waals surface area (Å²) in [6.07, 6.45) is -1.84. The van der Waals surface area contributed by atoms with Gasteiger partial charge in [0.25, 0.3) is 5.67 Å². The molecule has 14 atom stereocenters. The summed E-state index contributed by atoms with van der Waals surface area (Å²) in [5.41, 5.74) is 6.31. The van der Waals surface area contributed by atoms with Crippen molar-refractivity contribution >= 4 is 80.6 Å². The van der Waals surface area contributed by atoms with Gasteiger partial charge in [-0.25, -0.2) is 19.2 Å². The molecule has 0 aliphatic carbocycles. The lowest BCUT2D eigenvalue weighted by Gasteiger charge is -2.47. The number of hydrogen-bond donors (Lipinski definition) is 5. The Balaban J connectivity index is 1.53. The molecule has 5 heterocycles. The second-order valence-corrected chi connectivity index (χ2v) is 21.8. The molecule has 5 rings (SSSR count). The Hall–Kier alpha value is -3.95. The number of aromatic nitrogens is 2. The number of nitrogens with two attached hydrogens (primary N) is 2. The Morgan fingerprint density at radius 1 is 1.14 bits per heavy atom. The van der Waals surface area contributed by atoms with Crippen molar-refractivity contribution in [1.82, 2.24) is 14.9 Å². The van der Waals surface area contributed by atoms with Crippen molar-refractivity contribution in [3.63, 3.8) is 0 Å². The Morgan fingerprint density at radius 3 is 2.48 bits per heavy atom. The van der Waals surface area contributed by atoms with Gasteiger partial charge in [-0.3, -0.25) is 24.2 Å². The highest BCUT2D eigenvalue weighted by Crippen LogP contribution is 2.44. The number of carbonyl (C=O) groups excluding carboxylic acids is 5. The number of nitrogens with zero attached hydrogens (tertiary/aromatic N) is 5. The number of Topliss-reactive ketones (excluding diaryl/α,β-unsaturated/α-hetero) is 1. The quantitative estimate of drug-likeness (QED) is 0.0600. The number of ketones is 1. The molecule has 3 aliphatic rings. The van der Waals surface area contributed by atoms with E-state index in [1.165, 1.54) is 25.2 Å². The van der Waals surface area contributed by atoms with Crippen molar-refractivity contribution in [3.8, 4) is 10.6 Å². The van der Waals surface area contributed by atoms with Gasteiger partial charge in [0.1, 0.15) is 22.5 Å². The second-order valence-electron chi connectivity index (χ2n) is 19.8. The average molecular weight is 1130 g/mol. The highest BCUT2D eigenvalue weighted by Gasteiger charge is 2.56. The summed E-state index contributed by atoms with van der Waals surface area (Å²) < 4.78 is 41.0. The van der Waals surface area contributed by atoms with E-state index in [1.54, 1.807) is 60.1 Å². The number of aliphatic hydroxyl groups excluding tert-OH is 1. The predicted octanol–water partition coefficient (Wildman–Crippen LogP) is 4.65. The molecule has 3 fully saturated rings. The third kappa shape index (κ3) is 14.2. The van der Waals surface area contributed by atoms with Crippen molar-refractivity contribution in [2.75, 3.05) is 26.0 Å². The van der Waals surface area contributed by atoms with Crippen LogP contribution in [0.15, 0.2) is 33.9 Å². The minimum atomic E-state index is -3.22. The summed E-state index contributed by atoms with van der Waals surface area (Å²) in [6, 6.07) is 2.14. The van der Waals surface area contributed by atoms with Crippen LogP contribution in [0.3, 0.4) is 0 Å². The fourth-order valence-corrected chi connectivity index (χ4v) is 10.9. The number of halogens is 2. The van der Waals surface area contributed by atoms with E-state index in [0.717, 1.165) is 6.92 Å². The van der Waals surface area contributed by atoms with Gasteiger partial charge in [-0.05, 0) is 120 Å². The molecule has 0 spiro atoms. The van der Waals surface area contributed by atoms with Crippen LogP contribution in [0.25, 0.3) is 10.6 Å². The Morgan fingerprint density at radius 2 is 1.85 bits per heavy atom. The number of esters is 1. The van der Waals surface area contributed by atoms with Crippen molar-refractivity contribution in [2.24, 2.45) is 45.3 Å². The number of alkyl halides is 2. The number of nitrogens with one attached hydrogen (secondary N) is 1. The number of fused-ring (bicyclic) bond motifs is 5. The standard InChI is InChI=1S/C48H70FIN8O12S/c1-11-36(60)56-37-24(2)19-46(6)40(69-43-38(61)33(58(9)10)18-25(3)68-43)27(5)39(62)47(7,49)45(64)70-44(50)48(8,65)31(26(37)4)15-14-30(21-66-46)57-67-22-29-13-12-28(20-53-29)42-55-35(23-71-42)54-41(63)32(51)16-17-34(52)59/h12-13,20,23-27,31-33,38,40,43-44,61,65H,11,14-19,21-22,51H2,1-10H3,(H2,52,59)(H,54,63)/b56-37+,57-30+/t24-,25-,26-,27+,31-,32+,33+,38-,40-,43+,44+,46-,47+,48+/m1/s1. The van der Waals surface area contributed by atoms with Crippen LogP contribution in [0.4, 0.5) is 10.2 Å². The molecular weight excluding hydrogens is 1060 g/mol. The van der Waals surface area contributed by atoms with Crippen molar-refractivity contribution in [1.29, 1.82) is 0 Å². The van der Waals surface area contributed by atoms with E-state index in [9.17, 15) is 34.2 Å². The molecule has 3 saturated heterocycles. The minimum Gasteiger partial charge on any atom is -0.446 e. The number of pyridine rings is 1. The van der Waals surface area contributed by atoms with E-state index >= 15 is 4.39 Å². The molecule has 2 bridgehead atoms. The fraction of sp³-hybridized carbons (Fsp3) is 0.688. The number of amides is 3. The summed E-state index contributed by atoms with van der Waals surface area (Å²) in [5, 5.41) is 33.5. The normalized spacial score (nSPS) is 35.0. The van der Waals surface area contributed by atoms with Gasteiger partial charge in [-0.1, -0.05) is 32.9 Å². The highest BCUT2D eigenvalue weighted by molar-refractivity contribution is 14.1. The van der Waals surface area contributed by atoms with Crippen LogP contribution in [-0.4, -0.2) is 144 Å². The van der Waals surface area contributed by atoms with Crippen LogP contribution in [0.5, 0.6) is 0 Å². The van der Waals surface area contributed by atoms with E-state index in [0.29, 0.717) is 34.1 Å². The third-order valence-electron chi connectivity index (χ3n) is 13.7. The molecule has 3 amide bonds. The molecular formula is C48H70FIN8O12S. The monoisotopic (exact) mass is 1130 g/mol. The van der Waals surface area contributed by atoms with E-state index in [1.807, 2.05) is 39.8 Å². The van der Waals surface area contributed by atoms with Crippen LogP contribution < -0.4 is 16.8 Å².